The molecule has 98 valence electrons. The molecule has 0 aromatic heterocycles. The Morgan fingerprint density at radius 2 is 1.76 bits per heavy atom. The van der Waals surface area contributed by atoms with Gasteiger partial charge in [0.05, 0.1) is 6.54 Å². The second kappa shape index (κ2) is 6.39. The molecule has 0 aliphatic carbocycles. The summed E-state index contributed by atoms with van der Waals surface area (Å²) in [7, 11) is 0. The number of carbonyl (C=O) groups excluding carboxylic acids is 1. The molecule has 0 N–H and O–H groups in total. The van der Waals surface area contributed by atoms with Crippen LogP contribution in [0, 0.1) is 5.92 Å². The first-order valence-corrected chi connectivity index (χ1v) is 7.29. The Morgan fingerprint density at radius 3 is 2.35 bits per heavy atom. The summed E-state index contributed by atoms with van der Waals surface area (Å²) in [4.78, 5) is 16.5. The van der Waals surface area contributed by atoms with E-state index in [0.717, 1.165) is 32.1 Å². The molecule has 0 unspecified atom stereocenters. The molecule has 2 aliphatic rings. The minimum atomic E-state index is 0.363. The fourth-order valence-corrected chi connectivity index (χ4v) is 3.11. The average Bonchev–Trinajstić information content (AvgIpc) is 2.83. The fourth-order valence-electron chi connectivity index (χ4n) is 3.11. The molecule has 0 aromatic rings. The molecule has 0 spiro atoms. The highest BCUT2D eigenvalue weighted by atomic mass is 16.2. The smallest absolute Gasteiger partial charge is 0.236 e. The Labute approximate surface area is 105 Å². The molecule has 0 radical (unpaired) electrons. The monoisotopic (exact) mass is 238 g/mol. The van der Waals surface area contributed by atoms with Gasteiger partial charge in [-0.1, -0.05) is 19.8 Å². The van der Waals surface area contributed by atoms with E-state index in [4.69, 9.17) is 0 Å². The van der Waals surface area contributed by atoms with Crippen LogP contribution in [0.1, 0.15) is 45.4 Å². The molecule has 3 heteroatoms. The van der Waals surface area contributed by atoms with Crippen LogP contribution < -0.4 is 0 Å². The van der Waals surface area contributed by atoms with Crippen molar-refractivity contribution in [2.24, 2.45) is 5.92 Å². The fraction of sp³-hybridized carbons (Fsp3) is 0.929. The predicted molar refractivity (Wildman–Crippen MR) is 69.9 cm³/mol. The standard InChI is InChI=1S/C14H26N2O/c1-2-5-13-6-10-16(11-7-13)14(17)12-15-8-3-4-9-15/h13H,2-12H2,1H3. The van der Waals surface area contributed by atoms with Gasteiger partial charge in [-0.3, -0.25) is 9.69 Å². The van der Waals surface area contributed by atoms with Gasteiger partial charge in [0, 0.05) is 13.1 Å². The van der Waals surface area contributed by atoms with E-state index >= 15 is 0 Å². The van der Waals surface area contributed by atoms with Crippen LogP contribution in [0.2, 0.25) is 0 Å². The van der Waals surface area contributed by atoms with E-state index < -0.39 is 0 Å². The zero-order chi connectivity index (χ0) is 12.1. The Bertz CT molecular complexity index is 241. The van der Waals surface area contributed by atoms with Gasteiger partial charge in [-0.15, -0.1) is 0 Å². The van der Waals surface area contributed by atoms with Crippen molar-refractivity contribution in [1.82, 2.24) is 9.80 Å². The molecule has 2 saturated heterocycles. The summed E-state index contributed by atoms with van der Waals surface area (Å²) < 4.78 is 0. The number of likely N-dealkylation sites (tertiary alicyclic amines) is 2. The van der Waals surface area contributed by atoms with E-state index in [1.807, 2.05) is 0 Å². The van der Waals surface area contributed by atoms with Crippen molar-refractivity contribution in [1.29, 1.82) is 0 Å². The third kappa shape index (κ3) is 3.70. The third-order valence-corrected chi connectivity index (χ3v) is 4.22. The second-order valence-corrected chi connectivity index (χ2v) is 5.60. The summed E-state index contributed by atoms with van der Waals surface area (Å²) in [6, 6.07) is 0. The number of hydrogen-bond donors (Lipinski definition) is 0. The second-order valence-electron chi connectivity index (χ2n) is 5.60. The van der Waals surface area contributed by atoms with Gasteiger partial charge in [-0.05, 0) is 44.7 Å². The number of piperidine rings is 1. The number of nitrogens with zero attached hydrogens (tertiary/aromatic N) is 2. The first kappa shape index (κ1) is 12.9. The molecule has 0 aromatic carbocycles. The first-order valence-electron chi connectivity index (χ1n) is 7.29. The van der Waals surface area contributed by atoms with E-state index in [-0.39, 0.29) is 0 Å². The summed E-state index contributed by atoms with van der Waals surface area (Å²) in [6.45, 7) is 7.16. The molecule has 1 amide bonds. The molecule has 17 heavy (non-hydrogen) atoms. The van der Waals surface area contributed by atoms with Crippen LogP contribution in [-0.4, -0.2) is 48.4 Å². The van der Waals surface area contributed by atoms with E-state index in [9.17, 15) is 4.79 Å². The Balaban J connectivity index is 1.70. The van der Waals surface area contributed by atoms with Gasteiger partial charge in [-0.25, -0.2) is 0 Å². The van der Waals surface area contributed by atoms with Crippen molar-refractivity contribution < 1.29 is 4.79 Å². The minimum Gasteiger partial charge on any atom is -0.342 e. The van der Waals surface area contributed by atoms with Gasteiger partial charge in [-0.2, -0.15) is 0 Å². The highest BCUT2D eigenvalue weighted by Crippen LogP contribution is 2.21. The normalized spacial score (nSPS) is 23.2. The molecule has 2 rings (SSSR count). The highest BCUT2D eigenvalue weighted by molar-refractivity contribution is 5.78. The molecular weight excluding hydrogens is 212 g/mol. The van der Waals surface area contributed by atoms with E-state index in [1.165, 1.54) is 38.5 Å². The SMILES string of the molecule is CCCC1CCN(C(=O)CN2CCCC2)CC1. The summed E-state index contributed by atoms with van der Waals surface area (Å²) in [5.74, 6) is 1.23. The maximum Gasteiger partial charge on any atom is 0.236 e. The first-order chi connectivity index (χ1) is 8.29. The van der Waals surface area contributed by atoms with Crippen LogP contribution in [0.15, 0.2) is 0 Å². The van der Waals surface area contributed by atoms with E-state index in [1.54, 1.807) is 0 Å². The minimum absolute atomic E-state index is 0.363. The zero-order valence-electron chi connectivity index (χ0n) is 11.2. The largest absolute Gasteiger partial charge is 0.342 e. The summed E-state index contributed by atoms with van der Waals surface area (Å²) in [5.41, 5.74) is 0. The lowest BCUT2D eigenvalue weighted by Crippen LogP contribution is -2.43. The predicted octanol–water partition coefficient (Wildman–Crippen LogP) is 2.12. The number of amides is 1. The number of carbonyl (C=O) groups is 1. The van der Waals surface area contributed by atoms with Gasteiger partial charge in [0.2, 0.25) is 5.91 Å². The molecule has 2 aliphatic heterocycles. The molecule has 0 bridgehead atoms. The highest BCUT2D eigenvalue weighted by Gasteiger charge is 2.24. The van der Waals surface area contributed by atoms with Crippen LogP contribution in [0.4, 0.5) is 0 Å². The maximum atomic E-state index is 12.1. The third-order valence-electron chi connectivity index (χ3n) is 4.22. The molecule has 0 atom stereocenters. The average molecular weight is 238 g/mol. The Kier molecular flexibility index (Phi) is 4.84. The Morgan fingerprint density at radius 1 is 1.12 bits per heavy atom. The quantitative estimate of drug-likeness (QED) is 0.749. The number of rotatable bonds is 4. The van der Waals surface area contributed by atoms with Gasteiger partial charge in [0.15, 0.2) is 0 Å². The van der Waals surface area contributed by atoms with E-state index in [0.29, 0.717) is 12.5 Å². The molecular formula is C14H26N2O. The van der Waals surface area contributed by atoms with Crippen molar-refractivity contribution in [2.75, 3.05) is 32.7 Å². The molecule has 2 fully saturated rings. The van der Waals surface area contributed by atoms with Crippen LogP contribution in [0.25, 0.3) is 0 Å². The topological polar surface area (TPSA) is 23.6 Å². The van der Waals surface area contributed by atoms with Gasteiger partial charge >= 0.3 is 0 Å². The molecule has 2 heterocycles. The van der Waals surface area contributed by atoms with Crippen molar-refractivity contribution in [3.8, 4) is 0 Å². The summed E-state index contributed by atoms with van der Waals surface area (Å²) in [5, 5.41) is 0. The van der Waals surface area contributed by atoms with Crippen molar-refractivity contribution in [2.45, 2.75) is 45.4 Å². The summed E-state index contributed by atoms with van der Waals surface area (Å²) in [6.07, 6.45) is 7.61. The van der Waals surface area contributed by atoms with Crippen LogP contribution in [0.3, 0.4) is 0 Å². The van der Waals surface area contributed by atoms with Gasteiger partial charge in [0.25, 0.3) is 0 Å². The Hall–Kier alpha value is -0.570. The molecule has 0 saturated carbocycles. The van der Waals surface area contributed by atoms with Crippen molar-refractivity contribution in [3.63, 3.8) is 0 Å². The van der Waals surface area contributed by atoms with Crippen LogP contribution in [0.5, 0.6) is 0 Å². The summed E-state index contributed by atoms with van der Waals surface area (Å²) >= 11 is 0. The lowest BCUT2D eigenvalue weighted by atomic mass is 9.92. The maximum absolute atomic E-state index is 12.1. The zero-order valence-corrected chi connectivity index (χ0v) is 11.2. The van der Waals surface area contributed by atoms with Crippen molar-refractivity contribution in [3.05, 3.63) is 0 Å². The van der Waals surface area contributed by atoms with Crippen LogP contribution in [-0.2, 0) is 4.79 Å². The van der Waals surface area contributed by atoms with Crippen molar-refractivity contribution >= 4 is 5.91 Å². The van der Waals surface area contributed by atoms with E-state index in [2.05, 4.69) is 16.7 Å². The van der Waals surface area contributed by atoms with Crippen LogP contribution >= 0.6 is 0 Å². The molecule has 3 nitrogen and oxygen atoms in total. The number of hydrogen-bond acceptors (Lipinski definition) is 2. The lowest BCUT2D eigenvalue weighted by Gasteiger charge is -2.33. The van der Waals surface area contributed by atoms with Gasteiger partial charge in [0.1, 0.15) is 0 Å². The lowest BCUT2D eigenvalue weighted by molar-refractivity contribution is -0.133. The van der Waals surface area contributed by atoms with Gasteiger partial charge < -0.3 is 4.90 Å².